The summed E-state index contributed by atoms with van der Waals surface area (Å²) < 4.78 is 0.903. The Morgan fingerprint density at radius 3 is 2.10 bits per heavy atom. The lowest BCUT2D eigenvalue weighted by atomic mass is 9.46. The van der Waals surface area contributed by atoms with E-state index in [2.05, 4.69) is 71.4 Å². The number of rotatable bonds is 2. The van der Waals surface area contributed by atoms with Crippen molar-refractivity contribution < 1.29 is 9.59 Å². The largest absolute Gasteiger partial charge is 0.274 e. The third kappa shape index (κ3) is 2.19. The quantitative estimate of drug-likeness (QED) is 0.448. The second kappa shape index (κ2) is 6.39. The van der Waals surface area contributed by atoms with Crippen molar-refractivity contribution in [2.75, 3.05) is 4.90 Å². The molecular weight excluding hydrogens is 450 g/mol. The number of nitrogens with zero attached hydrogens (tertiary/aromatic N) is 1. The highest BCUT2D eigenvalue weighted by Crippen LogP contribution is 2.65. The molecule has 3 nitrogen and oxygen atoms in total. The Bertz CT molecular complexity index is 1230. The molecule has 0 saturated carbocycles. The van der Waals surface area contributed by atoms with Crippen molar-refractivity contribution in [1.29, 1.82) is 0 Å². The van der Waals surface area contributed by atoms with Crippen molar-refractivity contribution in [1.82, 2.24) is 0 Å². The maximum Gasteiger partial charge on any atom is 0.238 e. The molecular formula is C27H22BrNO2. The van der Waals surface area contributed by atoms with E-state index in [-0.39, 0.29) is 29.6 Å². The van der Waals surface area contributed by atoms with Gasteiger partial charge in [0.25, 0.3) is 0 Å². The summed E-state index contributed by atoms with van der Waals surface area (Å²) in [7, 11) is 0. The number of benzene rings is 3. The van der Waals surface area contributed by atoms with Crippen LogP contribution in [0.1, 0.15) is 47.1 Å². The summed E-state index contributed by atoms with van der Waals surface area (Å²) in [6.45, 7) is 4.15. The zero-order chi connectivity index (χ0) is 21.5. The summed E-state index contributed by atoms with van der Waals surface area (Å²) in [5.41, 5.74) is 6.10. The van der Waals surface area contributed by atoms with Crippen molar-refractivity contribution in [3.8, 4) is 0 Å². The van der Waals surface area contributed by atoms with Crippen molar-refractivity contribution in [2.45, 2.75) is 31.6 Å². The monoisotopic (exact) mass is 471 g/mol. The maximum atomic E-state index is 14.0. The molecule has 3 aliphatic carbocycles. The minimum absolute atomic E-state index is 0.0680. The molecule has 31 heavy (non-hydrogen) atoms. The zero-order valence-corrected chi connectivity index (χ0v) is 19.0. The fraction of sp³-hybridized carbons (Fsp3) is 0.259. The van der Waals surface area contributed by atoms with Crippen LogP contribution in [0, 0.1) is 18.8 Å². The normalized spacial score (nSPS) is 27.8. The lowest BCUT2D eigenvalue weighted by Crippen LogP contribution is -2.53. The van der Waals surface area contributed by atoms with E-state index in [1.165, 1.54) is 27.2 Å². The Morgan fingerprint density at radius 1 is 0.903 bits per heavy atom. The number of hydrogen-bond donors (Lipinski definition) is 0. The van der Waals surface area contributed by atoms with Crippen molar-refractivity contribution in [2.24, 2.45) is 11.8 Å². The average Bonchev–Trinajstić information content (AvgIpc) is 3.07. The van der Waals surface area contributed by atoms with Crippen LogP contribution in [0.25, 0.3) is 0 Å². The van der Waals surface area contributed by atoms with Crippen LogP contribution < -0.4 is 4.90 Å². The fourth-order valence-electron chi connectivity index (χ4n) is 6.50. The highest BCUT2D eigenvalue weighted by Gasteiger charge is 2.67. The molecule has 3 aromatic rings. The number of carbonyl (C=O) groups excluding carboxylic acids is 2. The van der Waals surface area contributed by atoms with Crippen LogP contribution in [0.15, 0.2) is 71.2 Å². The van der Waals surface area contributed by atoms with E-state index in [1.807, 2.05) is 25.1 Å². The molecule has 1 heterocycles. The minimum Gasteiger partial charge on any atom is -0.274 e. The van der Waals surface area contributed by atoms with Gasteiger partial charge in [0.15, 0.2) is 0 Å². The van der Waals surface area contributed by atoms with Crippen LogP contribution in [-0.4, -0.2) is 11.8 Å². The predicted octanol–water partition coefficient (Wildman–Crippen LogP) is 5.72. The molecule has 7 rings (SSSR count). The van der Waals surface area contributed by atoms with Gasteiger partial charge in [-0.05, 0) is 53.3 Å². The molecule has 0 aromatic heterocycles. The first kappa shape index (κ1) is 19.0. The van der Waals surface area contributed by atoms with Crippen molar-refractivity contribution >= 4 is 33.4 Å². The molecule has 1 aliphatic heterocycles. The van der Waals surface area contributed by atoms with Gasteiger partial charge in [-0.15, -0.1) is 0 Å². The topological polar surface area (TPSA) is 37.4 Å². The molecule has 0 spiro atoms. The first-order valence-electron chi connectivity index (χ1n) is 10.8. The number of amides is 2. The summed E-state index contributed by atoms with van der Waals surface area (Å²) in [4.78, 5) is 29.4. The van der Waals surface area contributed by atoms with Gasteiger partial charge < -0.3 is 0 Å². The van der Waals surface area contributed by atoms with Crippen LogP contribution in [0.4, 0.5) is 5.69 Å². The zero-order valence-electron chi connectivity index (χ0n) is 17.4. The summed E-state index contributed by atoms with van der Waals surface area (Å²) >= 11 is 3.57. The summed E-state index contributed by atoms with van der Waals surface area (Å²) in [6, 6.07) is 22.6. The molecule has 0 radical (unpaired) electrons. The third-order valence-corrected chi connectivity index (χ3v) is 8.62. The van der Waals surface area contributed by atoms with Crippen LogP contribution in [0.3, 0.4) is 0 Å². The Morgan fingerprint density at radius 2 is 1.52 bits per heavy atom. The molecule has 1 saturated heterocycles. The van der Waals surface area contributed by atoms with Crippen LogP contribution in [0.5, 0.6) is 0 Å². The molecule has 2 atom stereocenters. The fourth-order valence-corrected chi connectivity index (χ4v) is 6.87. The van der Waals surface area contributed by atoms with Gasteiger partial charge in [-0.1, -0.05) is 77.5 Å². The van der Waals surface area contributed by atoms with Crippen LogP contribution in [0.2, 0.25) is 0 Å². The second-order valence-corrected chi connectivity index (χ2v) is 9.78. The highest BCUT2D eigenvalue weighted by molar-refractivity contribution is 9.10. The van der Waals surface area contributed by atoms with Gasteiger partial charge >= 0.3 is 0 Å². The van der Waals surface area contributed by atoms with Gasteiger partial charge in [-0.3, -0.25) is 9.59 Å². The van der Waals surface area contributed by atoms with Crippen molar-refractivity contribution in [3.63, 3.8) is 0 Å². The SMILES string of the molecule is CCC12c3ccccc3C(c3ccccc31)[C@@H]1C(=O)N(c3ccc(C)c(Br)c3)C(=O)[C@@H]12. The smallest absolute Gasteiger partial charge is 0.238 e. The van der Waals surface area contributed by atoms with Crippen LogP contribution >= 0.6 is 15.9 Å². The summed E-state index contributed by atoms with van der Waals surface area (Å²) in [5.74, 6) is -0.961. The molecule has 4 heteroatoms. The lowest BCUT2D eigenvalue weighted by molar-refractivity contribution is -0.123. The second-order valence-electron chi connectivity index (χ2n) is 8.93. The summed E-state index contributed by atoms with van der Waals surface area (Å²) in [5, 5.41) is 0. The molecule has 0 unspecified atom stereocenters. The Hall–Kier alpha value is -2.72. The Balaban J connectivity index is 1.62. The number of aryl methyl sites for hydroxylation is 1. The molecule has 154 valence electrons. The predicted molar refractivity (Wildman–Crippen MR) is 124 cm³/mol. The van der Waals surface area contributed by atoms with Gasteiger partial charge in [0.2, 0.25) is 11.8 Å². The van der Waals surface area contributed by atoms with E-state index < -0.39 is 5.41 Å². The molecule has 2 amide bonds. The molecule has 1 fully saturated rings. The number of carbonyl (C=O) groups is 2. The average molecular weight is 472 g/mol. The Labute approximate surface area is 190 Å². The first-order chi connectivity index (χ1) is 15.0. The third-order valence-electron chi connectivity index (χ3n) is 7.77. The van der Waals surface area contributed by atoms with E-state index >= 15 is 0 Å². The summed E-state index contributed by atoms with van der Waals surface area (Å²) in [6.07, 6.45) is 0.777. The van der Waals surface area contributed by atoms with Gasteiger partial charge in [0.05, 0.1) is 17.5 Å². The van der Waals surface area contributed by atoms with Gasteiger partial charge in [0.1, 0.15) is 0 Å². The van der Waals surface area contributed by atoms with E-state index in [9.17, 15) is 9.59 Å². The van der Waals surface area contributed by atoms with Gasteiger partial charge in [-0.2, -0.15) is 0 Å². The number of halogens is 1. The molecule has 3 aromatic carbocycles. The molecule has 0 N–H and O–H groups in total. The number of hydrogen-bond acceptors (Lipinski definition) is 2. The maximum absolute atomic E-state index is 14.0. The first-order valence-corrected chi connectivity index (χ1v) is 11.6. The van der Waals surface area contributed by atoms with E-state index in [4.69, 9.17) is 0 Å². The number of imide groups is 1. The van der Waals surface area contributed by atoms with Crippen LogP contribution in [-0.2, 0) is 15.0 Å². The number of anilines is 1. The highest BCUT2D eigenvalue weighted by atomic mass is 79.9. The molecule has 4 aliphatic rings. The van der Waals surface area contributed by atoms with E-state index in [0.717, 1.165) is 16.5 Å². The van der Waals surface area contributed by atoms with E-state index in [1.54, 1.807) is 0 Å². The standard InChI is InChI=1S/C27H22BrNO2/c1-3-27-19-10-6-4-8-17(19)22(18-9-5-7-11-20(18)27)23-24(27)26(31)29(25(23)30)16-13-12-15(2)21(28)14-16/h4-14,22-24H,3H2,1-2H3/t22?,23-,24+,27?/m0/s1. The van der Waals surface area contributed by atoms with E-state index in [0.29, 0.717) is 5.69 Å². The van der Waals surface area contributed by atoms with Crippen molar-refractivity contribution in [3.05, 3.63) is 99.0 Å². The van der Waals surface area contributed by atoms with Gasteiger partial charge in [0, 0.05) is 15.8 Å². The van der Waals surface area contributed by atoms with Gasteiger partial charge in [-0.25, -0.2) is 4.90 Å². The minimum atomic E-state index is -0.476. The lowest BCUT2D eigenvalue weighted by Gasteiger charge is -2.54. The Kier molecular flexibility index (Phi) is 3.92. The molecule has 2 bridgehead atoms.